The molecule has 2 N–H and O–H groups in total. The summed E-state index contributed by atoms with van der Waals surface area (Å²) in [5.41, 5.74) is 5.02. The smallest absolute Gasteiger partial charge is 0.230 e. The number of nitrogens with one attached hydrogen (secondary N) is 1. The fourth-order valence-electron chi connectivity index (χ4n) is 3.12. The third-order valence-electron chi connectivity index (χ3n) is 4.73. The summed E-state index contributed by atoms with van der Waals surface area (Å²) in [5, 5.41) is 12.5. The molecular weight excluding hydrogens is 374 g/mol. The molecule has 1 aromatic heterocycles. The maximum absolute atomic E-state index is 12.6. The van der Waals surface area contributed by atoms with Crippen LogP contribution in [-0.2, 0) is 11.2 Å². The molecular formula is C25H21N3O2. The van der Waals surface area contributed by atoms with Gasteiger partial charge in [0, 0.05) is 11.1 Å². The molecule has 0 fully saturated rings. The number of rotatable bonds is 5. The monoisotopic (exact) mass is 395 g/mol. The van der Waals surface area contributed by atoms with E-state index in [0.29, 0.717) is 17.2 Å². The van der Waals surface area contributed by atoms with E-state index in [0.717, 1.165) is 22.3 Å². The number of hydrogen-bond acceptors (Lipinski definition) is 4. The minimum atomic E-state index is -0.166. The van der Waals surface area contributed by atoms with Gasteiger partial charge in [-0.3, -0.25) is 4.79 Å². The Morgan fingerprint density at radius 2 is 1.60 bits per heavy atom. The lowest BCUT2D eigenvalue weighted by Gasteiger charge is -2.12. The van der Waals surface area contributed by atoms with Gasteiger partial charge in [0.2, 0.25) is 5.91 Å². The average Bonchev–Trinajstić information content (AvgIpc) is 2.77. The van der Waals surface area contributed by atoms with Gasteiger partial charge >= 0.3 is 0 Å². The molecule has 0 aliphatic carbocycles. The van der Waals surface area contributed by atoms with E-state index in [-0.39, 0.29) is 18.1 Å². The van der Waals surface area contributed by atoms with Crippen molar-refractivity contribution in [2.75, 3.05) is 5.32 Å². The number of phenolic OH excluding ortho intramolecular Hbond substituents is 1. The Hall–Kier alpha value is -3.99. The van der Waals surface area contributed by atoms with E-state index in [9.17, 15) is 9.90 Å². The Morgan fingerprint density at radius 3 is 2.30 bits per heavy atom. The highest BCUT2D eigenvalue weighted by atomic mass is 16.3. The van der Waals surface area contributed by atoms with E-state index < -0.39 is 0 Å². The zero-order valence-corrected chi connectivity index (χ0v) is 16.5. The molecule has 148 valence electrons. The first-order valence-electron chi connectivity index (χ1n) is 9.66. The van der Waals surface area contributed by atoms with Crippen LogP contribution in [0.4, 0.5) is 5.82 Å². The van der Waals surface area contributed by atoms with E-state index in [2.05, 4.69) is 10.3 Å². The van der Waals surface area contributed by atoms with Crippen LogP contribution >= 0.6 is 0 Å². The van der Waals surface area contributed by atoms with Gasteiger partial charge in [0.25, 0.3) is 0 Å². The van der Waals surface area contributed by atoms with Gasteiger partial charge in [-0.1, -0.05) is 60.2 Å². The SMILES string of the molecule is Cc1ccc(CC(=O)Nc2ncc(-c3ccccc3)nc2-c2ccc(O)cc2)cc1. The molecule has 4 rings (SSSR count). The van der Waals surface area contributed by atoms with Crippen LogP contribution in [0.25, 0.3) is 22.5 Å². The molecule has 0 spiro atoms. The van der Waals surface area contributed by atoms with Gasteiger partial charge in [0.15, 0.2) is 5.82 Å². The van der Waals surface area contributed by atoms with Crippen LogP contribution in [0.5, 0.6) is 5.75 Å². The highest BCUT2D eigenvalue weighted by Gasteiger charge is 2.14. The van der Waals surface area contributed by atoms with Crippen molar-refractivity contribution in [3.63, 3.8) is 0 Å². The summed E-state index contributed by atoms with van der Waals surface area (Å²) in [5.74, 6) is 0.383. The molecule has 1 amide bonds. The first kappa shape index (κ1) is 19.3. The van der Waals surface area contributed by atoms with Crippen molar-refractivity contribution in [1.82, 2.24) is 9.97 Å². The van der Waals surface area contributed by atoms with Crippen molar-refractivity contribution in [2.24, 2.45) is 0 Å². The molecule has 5 heteroatoms. The number of aromatic nitrogens is 2. The molecule has 0 unspecified atom stereocenters. The van der Waals surface area contributed by atoms with Gasteiger partial charge in [-0.15, -0.1) is 0 Å². The summed E-state index contributed by atoms with van der Waals surface area (Å²) in [6.45, 7) is 2.01. The predicted octanol–water partition coefficient (Wildman–Crippen LogP) is 5.01. The molecule has 30 heavy (non-hydrogen) atoms. The molecule has 0 aliphatic rings. The minimum Gasteiger partial charge on any atom is -0.508 e. The van der Waals surface area contributed by atoms with Crippen LogP contribution in [0.1, 0.15) is 11.1 Å². The fourth-order valence-corrected chi connectivity index (χ4v) is 3.12. The summed E-state index contributed by atoms with van der Waals surface area (Å²) in [6.07, 6.45) is 1.90. The van der Waals surface area contributed by atoms with Crippen LogP contribution in [0, 0.1) is 6.92 Å². The van der Waals surface area contributed by atoms with E-state index in [1.807, 2.05) is 61.5 Å². The number of benzene rings is 3. The number of nitrogens with zero attached hydrogens (tertiary/aromatic N) is 2. The third-order valence-corrected chi connectivity index (χ3v) is 4.73. The van der Waals surface area contributed by atoms with Crippen molar-refractivity contribution in [2.45, 2.75) is 13.3 Å². The molecule has 0 atom stereocenters. The summed E-state index contributed by atoms with van der Waals surface area (Å²) < 4.78 is 0. The fraction of sp³-hybridized carbons (Fsp3) is 0.0800. The van der Waals surface area contributed by atoms with Gasteiger partial charge in [-0.05, 0) is 36.8 Å². The second-order valence-electron chi connectivity index (χ2n) is 7.08. The highest BCUT2D eigenvalue weighted by Crippen LogP contribution is 2.29. The molecule has 0 bridgehead atoms. The second-order valence-corrected chi connectivity index (χ2v) is 7.08. The van der Waals surface area contributed by atoms with Crippen molar-refractivity contribution in [3.8, 4) is 28.3 Å². The molecule has 0 radical (unpaired) electrons. The van der Waals surface area contributed by atoms with Crippen molar-refractivity contribution in [1.29, 1.82) is 0 Å². The van der Waals surface area contributed by atoms with Crippen molar-refractivity contribution in [3.05, 3.63) is 96.2 Å². The number of carbonyl (C=O) groups is 1. The summed E-state index contributed by atoms with van der Waals surface area (Å²) >= 11 is 0. The molecule has 3 aromatic carbocycles. The molecule has 0 aliphatic heterocycles. The Balaban J connectivity index is 1.66. The van der Waals surface area contributed by atoms with Crippen molar-refractivity contribution < 1.29 is 9.90 Å². The van der Waals surface area contributed by atoms with Gasteiger partial charge in [-0.2, -0.15) is 0 Å². The quantitative estimate of drug-likeness (QED) is 0.498. The van der Waals surface area contributed by atoms with Crippen LogP contribution in [0.3, 0.4) is 0 Å². The Labute approximate surface area is 175 Å². The Kier molecular flexibility index (Phi) is 5.52. The van der Waals surface area contributed by atoms with E-state index in [4.69, 9.17) is 4.98 Å². The number of aromatic hydroxyl groups is 1. The minimum absolute atomic E-state index is 0.163. The summed E-state index contributed by atoms with van der Waals surface area (Å²) in [7, 11) is 0. The van der Waals surface area contributed by atoms with E-state index in [1.54, 1.807) is 30.5 Å². The number of aryl methyl sites for hydroxylation is 1. The van der Waals surface area contributed by atoms with Crippen LogP contribution < -0.4 is 5.32 Å². The highest BCUT2D eigenvalue weighted by molar-refractivity contribution is 5.94. The lowest BCUT2D eigenvalue weighted by molar-refractivity contribution is -0.115. The van der Waals surface area contributed by atoms with Gasteiger partial charge in [0.05, 0.1) is 18.3 Å². The molecule has 5 nitrogen and oxygen atoms in total. The zero-order valence-electron chi connectivity index (χ0n) is 16.5. The lowest BCUT2D eigenvalue weighted by atomic mass is 10.1. The normalized spacial score (nSPS) is 10.6. The molecule has 0 saturated heterocycles. The van der Waals surface area contributed by atoms with Crippen LogP contribution in [0.15, 0.2) is 85.1 Å². The first-order chi connectivity index (χ1) is 14.6. The maximum atomic E-state index is 12.6. The largest absolute Gasteiger partial charge is 0.508 e. The van der Waals surface area contributed by atoms with E-state index in [1.165, 1.54) is 0 Å². The first-order valence-corrected chi connectivity index (χ1v) is 9.66. The van der Waals surface area contributed by atoms with Gasteiger partial charge in [0.1, 0.15) is 11.4 Å². The van der Waals surface area contributed by atoms with Gasteiger partial charge in [-0.25, -0.2) is 9.97 Å². The predicted molar refractivity (Wildman–Crippen MR) is 118 cm³/mol. The summed E-state index contributed by atoms with van der Waals surface area (Å²) in [4.78, 5) is 21.9. The Bertz CT molecular complexity index is 1160. The lowest BCUT2D eigenvalue weighted by Crippen LogP contribution is -2.16. The van der Waals surface area contributed by atoms with Crippen LogP contribution in [-0.4, -0.2) is 21.0 Å². The van der Waals surface area contributed by atoms with Crippen LogP contribution in [0.2, 0.25) is 0 Å². The number of anilines is 1. The standard InChI is InChI=1S/C25H21N3O2/c1-17-7-9-18(10-8-17)15-23(30)28-25-24(20-11-13-21(29)14-12-20)27-22(16-26-25)19-5-3-2-4-6-19/h2-14,16,29H,15H2,1H3,(H,26,28,30). The third kappa shape index (κ3) is 4.52. The maximum Gasteiger partial charge on any atom is 0.230 e. The number of amides is 1. The summed E-state index contributed by atoms with van der Waals surface area (Å²) in [6, 6.07) is 24.3. The second kappa shape index (κ2) is 8.57. The molecule has 4 aromatic rings. The topological polar surface area (TPSA) is 75.1 Å². The number of carbonyl (C=O) groups excluding carboxylic acids is 1. The van der Waals surface area contributed by atoms with Gasteiger partial charge < -0.3 is 10.4 Å². The average molecular weight is 395 g/mol. The number of phenols is 1. The zero-order chi connectivity index (χ0) is 20.9. The van der Waals surface area contributed by atoms with E-state index >= 15 is 0 Å². The Morgan fingerprint density at radius 1 is 0.900 bits per heavy atom. The molecule has 0 saturated carbocycles. The molecule has 1 heterocycles. The van der Waals surface area contributed by atoms with Crippen molar-refractivity contribution >= 4 is 11.7 Å². The number of hydrogen-bond donors (Lipinski definition) is 2.